The van der Waals surface area contributed by atoms with Crippen molar-refractivity contribution >= 4 is 11.4 Å². The molecule has 0 aliphatic carbocycles. The highest BCUT2D eigenvalue weighted by molar-refractivity contribution is 5.82. The van der Waals surface area contributed by atoms with Crippen LogP contribution >= 0.6 is 0 Å². The quantitative estimate of drug-likeness (QED) is 0.153. The van der Waals surface area contributed by atoms with Crippen molar-refractivity contribution in [2.45, 2.75) is 124 Å². The smallest absolute Gasteiger partial charge is 0.211 e. The molecule has 0 unspecified atom stereocenters. The van der Waals surface area contributed by atoms with Gasteiger partial charge >= 0.3 is 0 Å². The SMILES string of the molecule is CCCCCCc1cccc(C2=C(CCCC)C(CCCCC)=C(c3ccc(CCCC)cc3)[N+]2=[N-])c1. The molecule has 3 rings (SSSR count). The summed E-state index contributed by atoms with van der Waals surface area (Å²) in [6.45, 7) is 9.04. The van der Waals surface area contributed by atoms with Gasteiger partial charge in [0.15, 0.2) is 0 Å². The molecule has 0 spiro atoms. The van der Waals surface area contributed by atoms with Gasteiger partial charge in [-0.1, -0.05) is 96.9 Å². The van der Waals surface area contributed by atoms with Crippen molar-refractivity contribution in [1.82, 2.24) is 0 Å². The van der Waals surface area contributed by atoms with Crippen LogP contribution in [0.25, 0.3) is 16.9 Å². The lowest BCUT2D eigenvalue weighted by Crippen LogP contribution is -2.03. The largest absolute Gasteiger partial charge is 0.493 e. The summed E-state index contributed by atoms with van der Waals surface area (Å²) in [4.78, 5) is 0. The Morgan fingerprint density at radius 3 is 1.73 bits per heavy atom. The van der Waals surface area contributed by atoms with Crippen molar-refractivity contribution in [2.75, 3.05) is 0 Å². The zero-order chi connectivity index (χ0) is 26.5. The number of hydrogen-bond acceptors (Lipinski definition) is 0. The first kappa shape index (κ1) is 29.1. The molecular weight excluding hydrogens is 448 g/mol. The Morgan fingerprint density at radius 2 is 1.05 bits per heavy atom. The number of benzene rings is 2. The van der Waals surface area contributed by atoms with E-state index >= 15 is 0 Å². The molecule has 0 fully saturated rings. The van der Waals surface area contributed by atoms with E-state index in [-0.39, 0.29) is 0 Å². The van der Waals surface area contributed by atoms with Crippen molar-refractivity contribution < 1.29 is 4.70 Å². The highest BCUT2D eigenvalue weighted by atomic mass is 15.2. The Morgan fingerprint density at radius 1 is 0.514 bits per heavy atom. The van der Waals surface area contributed by atoms with Crippen LogP contribution in [0.3, 0.4) is 0 Å². The summed E-state index contributed by atoms with van der Waals surface area (Å²) < 4.78 is 1.55. The lowest BCUT2D eigenvalue weighted by molar-refractivity contribution is -0.345. The molecule has 2 aromatic carbocycles. The van der Waals surface area contributed by atoms with Gasteiger partial charge in [0.25, 0.3) is 0 Å². The monoisotopic (exact) mass is 498 g/mol. The molecule has 0 amide bonds. The average molecular weight is 499 g/mol. The predicted molar refractivity (Wildman–Crippen MR) is 160 cm³/mol. The second-order valence-electron chi connectivity index (χ2n) is 10.8. The summed E-state index contributed by atoms with van der Waals surface area (Å²) >= 11 is 0. The third-order valence-electron chi connectivity index (χ3n) is 7.74. The highest BCUT2D eigenvalue weighted by Crippen LogP contribution is 2.44. The first-order valence-electron chi connectivity index (χ1n) is 15.3. The van der Waals surface area contributed by atoms with Crippen LogP contribution in [0.2, 0.25) is 0 Å². The molecule has 0 saturated carbocycles. The zero-order valence-corrected chi connectivity index (χ0v) is 24.1. The molecule has 1 aliphatic heterocycles. The first-order valence-corrected chi connectivity index (χ1v) is 15.3. The molecule has 200 valence electrons. The first-order chi connectivity index (χ1) is 18.1. The maximum Gasteiger partial charge on any atom is 0.211 e. The van der Waals surface area contributed by atoms with Gasteiger partial charge in [0.05, 0.1) is 0 Å². The van der Waals surface area contributed by atoms with E-state index in [1.54, 1.807) is 4.70 Å². The van der Waals surface area contributed by atoms with Crippen LogP contribution < -0.4 is 0 Å². The lowest BCUT2D eigenvalue weighted by Gasteiger charge is -2.11. The van der Waals surface area contributed by atoms with E-state index in [0.717, 1.165) is 67.5 Å². The Kier molecular flexibility index (Phi) is 12.3. The van der Waals surface area contributed by atoms with E-state index < -0.39 is 0 Å². The summed E-state index contributed by atoms with van der Waals surface area (Å²) in [6.07, 6.45) is 17.7. The van der Waals surface area contributed by atoms with Crippen LogP contribution in [0.15, 0.2) is 59.7 Å². The van der Waals surface area contributed by atoms with Gasteiger partial charge in [0.2, 0.25) is 11.4 Å². The minimum absolute atomic E-state index is 1.01. The molecule has 0 bridgehead atoms. The van der Waals surface area contributed by atoms with Crippen molar-refractivity contribution in [3.63, 3.8) is 0 Å². The molecule has 1 aliphatic rings. The van der Waals surface area contributed by atoms with Crippen molar-refractivity contribution in [1.29, 1.82) is 0 Å². The molecule has 37 heavy (non-hydrogen) atoms. The van der Waals surface area contributed by atoms with Gasteiger partial charge in [-0.05, 0) is 86.8 Å². The minimum atomic E-state index is 1.01. The van der Waals surface area contributed by atoms with Gasteiger partial charge in [-0.3, -0.25) is 0 Å². The van der Waals surface area contributed by atoms with Gasteiger partial charge in [0, 0.05) is 22.3 Å². The normalized spacial score (nSPS) is 13.8. The zero-order valence-electron chi connectivity index (χ0n) is 24.1. The molecule has 0 radical (unpaired) electrons. The average Bonchev–Trinajstić information content (AvgIpc) is 3.20. The third-order valence-corrected chi connectivity index (χ3v) is 7.74. The lowest BCUT2D eigenvalue weighted by atomic mass is 9.91. The molecule has 2 nitrogen and oxygen atoms in total. The number of nitrogens with zero attached hydrogens (tertiary/aromatic N) is 2. The number of unbranched alkanes of at least 4 members (excludes halogenated alkanes) is 7. The summed E-state index contributed by atoms with van der Waals surface area (Å²) in [7, 11) is 0. The number of allylic oxidation sites excluding steroid dienone is 2. The van der Waals surface area contributed by atoms with Crippen molar-refractivity contribution in [3.8, 4) is 0 Å². The highest BCUT2D eigenvalue weighted by Gasteiger charge is 2.35. The predicted octanol–water partition coefficient (Wildman–Crippen LogP) is 11.1. The minimum Gasteiger partial charge on any atom is -0.493 e. The topological polar surface area (TPSA) is 25.3 Å². The Hall–Kier alpha value is -2.48. The molecule has 0 atom stereocenters. The van der Waals surface area contributed by atoms with Crippen LogP contribution in [0, 0.1) is 0 Å². The molecule has 0 N–H and O–H groups in total. The second-order valence-corrected chi connectivity index (χ2v) is 10.8. The van der Waals surface area contributed by atoms with Crippen LogP contribution in [0.4, 0.5) is 0 Å². The van der Waals surface area contributed by atoms with Crippen LogP contribution in [0.5, 0.6) is 0 Å². The fourth-order valence-electron chi connectivity index (χ4n) is 5.53. The van der Waals surface area contributed by atoms with Crippen molar-refractivity contribution in [2.24, 2.45) is 0 Å². The van der Waals surface area contributed by atoms with Crippen molar-refractivity contribution in [3.05, 3.63) is 87.5 Å². The van der Waals surface area contributed by atoms with Crippen LogP contribution in [0.1, 0.15) is 133 Å². The van der Waals surface area contributed by atoms with E-state index in [9.17, 15) is 5.53 Å². The number of hydrogen-bond donors (Lipinski definition) is 0. The maximum atomic E-state index is 11.8. The van der Waals surface area contributed by atoms with E-state index in [2.05, 4.69) is 76.2 Å². The van der Waals surface area contributed by atoms with Gasteiger partial charge in [-0.15, -0.1) is 0 Å². The van der Waals surface area contributed by atoms with Gasteiger partial charge in [-0.25, -0.2) is 4.70 Å². The summed E-state index contributed by atoms with van der Waals surface area (Å²) in [5.41, 5.74) is 21.6. The van der Waals surface area contributed by atoms with E-state index in [4.69, 9.17) is 0 Å². The number of rotatable bonds is 17. The second kappa shape index (κ2) is 15.7. The molecular formula is C35H50N2. The van der Waals surface area contributed by atoms with Gasteiger partial charge < -0.3 is 5.53 Å². The maximum absolute atomic E-state index is 11.8. The summed E-state index contributed by atoms with van der Waals surface area (Å²) in [5.74, 6) is 0. The Bertz CT molecular complexity index is 1050. The Labute approximate surface area is 227 Å². The molecule has 0 saturated heterocycles. The van der Waals surface area contributed by atoms with E-state index in [1.165, 1.54) is 73.6 Å². The fraction of sp³-hybridized carbons (Fsp3) is 0.543. The van der Waals surface area contributed by atoms with E-state index in [0.29, 0.717) is 0 Å². The standard InChI is InChI=1S/C35H50N2/c1-5-9-13-15-18-29-19-16-20-31(27-29)35-32(21-12-8-4)33(22-14-10-6-2)34(37(35)36)30-25-23-28(24-26-30)17-11-7-3/h16,19-20,23-27H,5-15,17-18,21-22H2,1-4H3. The fourth-order valence-corrected chi connectivity index (χ4v) is 5.53. The third kappa shape index (κ3) is 8.00. The van der Waals surface area contributed by atoms with E-state index in [1.807, 2.05) is 0 Å². The Balaban J connectivity index is 2.00. The molecule has 1 heterocycles. The van der Waals surface area contributed by atoms with Gasteiger partial charge in [0.1, 0.15) is 0 Å². The molecule has 0 aromatic heterocycles. The molecule has 2 heteroatoms. The number of aryl methyl sites for hydroxylation is 2. The summed E-state index contributed by atoms with van der Waals surface area (Å²) in [6, 6.07) is 17.9. The van der Waals surface area contributed by atoms with Gasteiger partial charge in [-0.2, -0.15) is 0 Å². The van der Waals surface area contributed by atoms with Crippen LogP contribution in [-0.4, -0.2) is 4.70 Å². The van der Waals surface area contributed by atoms with Crippen LogP contribution in [-0.2, 0) is 12.8 Å². The molecule has 2 aromatic rings. The summed E-state index contributed by atoms with van der Waals surface area (Å²) in [5, 5.41) is 0.